The molecule has 0 saturated heterocycles. The van der Waals surface area contributed by atoms with Crippen molar-refractivity contribution < 1.29 is 17.9 Å². The quantitative estimate of drug-likeness (QED) is 0.654. The number of hydrogen-bond acceptors (Lipinski definition) is 4. The van der Waals surface area contributed by atoms with Gasteiger partial charge in [-0.15, -0.1) is 0 Å². The molecule has 7 heteroatoms. The van der Waals surface area contributed by atoms with Crippen LogP contribution in [0.15, 0.2) is 65.6 Å². The molecule has 0 radical (unpaired) electrons. The highest BCUT2D eigenvalue weighted by molar-refractivity contribution is 8.13. The number of primary amides is 1. The van der Waals surface area contributed by atoms with Crippen molar-refractivity contribution in [1.29, 1.82) is 0 Å². The van der Waals surface area contributed by atoms with Gasteiger partial charge >= 0.3 is 0 Å². The first kappa shape index (κ1) is 18.2. The maximum Gasteiger partial charge on any atom is 0.264 e. The number of nitrogens with two attached hydrogens (primary N) is 1. The second-order valence-electron chi connectivity index (χ2n) is 5.70. The van der Waals surface area contributed by atoms with Crippen molar-refractivity contribution in [2.24, 2.45) is 5.73 Å². The SMILES string of the molecule is NC(=O)c1ccc(S(=O)(=O)Cl)c(OCCc2cccc3ccccc23)c1. The van der Waals surface area contributed by atoms with E-state index in [0.29, 0.717) is 6.42 Å². The van der Waals surface area contributed by atoms with E-state index in [4.69, 9.17) is 21.2 Å². The van der Waals surface area contributed by atoms with E-state index in [1.165, 1.54) is 18.2 Å². The van der Waals surface area contributed by atoms with Gasteiger partial charge in [0.1, 0.15) is 10.6 Å². The molecule has 134 valence electrons. The van der Waals surface area contributed by atoms with Gasteiger partial charge in [-0.1, -0.05) is 42.5 Å². The van der Waals surface area contributed by atoms with Crippen LogP contribution in [0, 0.1) is 0 Å². The Hall–Kier alpha value is -2.57. The van der Waals surface area contributed by atoms with Crippen molar-refractivity contribution in [3.63, 3.8) is 0 Å². The number of fused-ring (bicyclic) bond motifs is 1. The molecule has 2 N–H and O–H groups in total. The highest BCUT2D eigenvalue weighted by Gasteiger charge is 2.18. The Kier molecular flexibility index (Phi) is 5.15. The molecule has 5 nitrogen and oxygen atoms in total. The van der Waals surface area contributed by atoms with Gasteiger partial charge < -0.3 is 10.5 Å². The highest BCUT2D eigenvalue weighted by atomic mass is 35.7. The second-order valence-corrected chi connectivity index (χ2v) is 8.23. The largest absolute Gasteiger partial charge is 0.492 e. The van der Waals surface area contributed by atoms with Gasteiger partial charge in [0.15, 0.2) is 0 Å². The Bertz CT molecular complexity index is 1070. The van der Waals surface area contributed by atoms with E-state index in [0.717, 1.165) is 16.3 Å². The summed E-state index contributed by atoms with van der Waals surface area (Å²) < 4.78 is 29.1. The lowest BCUT2D eigenvalue weighted by Crippen LogP contribution is -2.12. The molecular weight excluding hydrogens is 374 g/mol. The molecule has 0 heterocycles. The molecule has 0 bridgehead atoms. The third-order valence-electron chi connectivity index (χ3n) is 4.00. The van der Waals surface area contributed by atoms with Crippen LogP contribution < -0.4 is 10.5 Å². The fourth-order valence-corrected chi connectivity index (χ4v) is 3.73. The number of rotatable bonds is 6. The summed E-state index contributed by atoms with van der Waals surface area (Å²) in [6.07, 6.45) is 0.559. The molecule has 0 unspecified atom stereocenters. The molecule has 3 rings (SSSR count). The number of carbonyl (C=O) groups is 1. The number of amides is 1. The van der Waals surface area contributed by atoms with Crippen molar-refractivity contribution in [2.45, 2.75) is 11.3 Å². The average molecular weight is 390 g/mol. The fourth-order valence-electron chi connectivity index (χ4n) is 2.76. The van der Waals surface area contributed by atoms with Crippen molar-refractivity contribution in [3.8, 4) is 5.75 Å². The van der Waals surface area contributed by atoms with E-state index in [1.807, 2.05) is 42.5 Å². The topological polar surface area (TPSA) is 86.5 Å². The number of carbonyl (C=O) groups excluding carboxylic acids is 1. The van der Waals surface area contributed by atoms with E-state index < -0.39 is 15.0 Å². The minimum Gasteiger partial charge on any atom is -0.492 e. The molecular formula is C19H16ClNO4S. The summed E-state index contributed by atoms with van der Waals surface area (Å²) in [4.78, 5) is 11.1. The maximum absolute atomic E-state index is 11.7. The van der Waals surface area contributed by atoms with Gasteiger partial charge in [0.2, 0.25) is 5.91 Å². The molecule has 3 aromatic rings. The van der Waals surface area contributed by atoms with E-state index >= 15 is 0 Å². The summed E-state index contributed by atoms with van der Waals surface area (Å²) in [5, 5.41) is 2.22. The van der Waals surface area contributed by atoms with Gasteiger partial charge in [0.05, 0.1) is 6.61 Å². The van der Waals surface area contributed by atoms with Crippen molar-refractivity contribution >= 4 is 36.4 Å². The second kappa shape index (κ2) is 7.35. The average Bonchev–Trinajstić information content (AvgIpc) is 2.61. The van der Waals surface area contributed by atoms with Gasteiger partial charge in [-0.2, -0.15) is 0 Å². The van der Waals surface area contributed by atoms with Crippen LogP contribution >= 0.6 is 10.7 Å². The normalized spacial score (nSPS) is 11.4. The minimum absolute atomic E-state index is 0.0107. The molecule has 0 spiro atoms. The van der Waals surface area contributed by atoms with Gasteiger partial charge in [0, 0.05) is 22.7 Å². The summed E-state index contributed by atoms with van der Waals surface area (Å²) in [7, 11) is 1.44. The molecule has 0 saturated carbocycles. The van der Waals surface area contributed by atoms with Crippen LogP contribution in [0.2, 0.25) is 0 Å². The molecule has 1 amide bonds. The first-order valence-electron chi connectivity index (χ1n) is 7.84. The van der Waals surface area contributed by atoms with Gasteiger partial charge in [0.25, 0.3) is 9.05 Å². The summed E-state index contributed by atoms with van der Waals surface area (Å²) in [6, 6.07) is 17.8. The smallest absolute Gasteiger partial charge is 0.264 e. The monoisotopic (exact) mass is 389 g/mol. The van der Waals surface area contributed by atoms with Crippen molar-refractivity contribution in [2.75, 3.05) is 6.61 Å². The minimum atomic E-state index is -4.01. The van der Waals surface area contributed by atoms with Gasteiger partial charge in [-0.25, -0.2) is 8.42 Å². The van der Waals surface area contributed by atoms with Crippen molar-refractivity contribution in [1.82, 2.24) is 0 Å². The number of ether oxygens (including phenoxy) is 1. The Morgan fingerprint density at radius 1 is 1.04 bits per heavy atom. The van der Waals surface area contributed by atoms with E-state index in [1.54, 1.807) is 0 Å². The first-order valence-corrected chi connectivity index (χ1v) is 10.1. The zero-order valence-electron chi connectivity index (χ0n) is 13.7. The van der Waals surface area contributed by atoms with Crippen LogP contribution in [0.1, 0.15) is 15.9 Å². The molecule has 3 aromatic carbocycles. The molecule has 0 fully saturated rings. The predicted octanol–water partition coefficient (Wildman–Crippen LogP) is 3.49. The Labute approximate surface area is 155 Å². The Balaban J connectivity index is 1.85. The van der Waals surface area contributed by atoms with Gasteiger partial charge in [-0.3, -0.25) is 4.79 Å². The standard InChI is InChI=1S/C19H16ClNO4S/c20-26(23,24)18-9-8-15(19(21)22)12-17(18)25-11-10-14-6-3-5-13-4-1-2-7-16(13)14/h1-9,12H,10-11H2,(H2,21,22). The maximum atomic E-state index is 11.7. The lowest BCUT2D eigenvalue weighted by atomic mass is 10.0. The van der Waals surface area contributed by atoms with E-state index in [2.05, 4.69) is 0 Å². The summed E-state index contributed by atoms with van der Waals surface area (Å²) in [6.45, 7) is 0.218. The summed E-state index contributed by atoms with van der Waals surface area (Å²) in [5.74, 6) is -0.668. The van der Waals surface area contributed by atoms with Crippen LogP contribution in [-0.2, 0) is 15.5 Å². The molecule has 0 aromatic heterocycles. The molecule has 0 aliphatic carbocycles. The number of hydrogen-bond donors (Lipinski definition) is 1. The number of halogens is 1. The molecule has 26 heavy (non-hydrogen) atoms. The zero-order chi connectivity index (χ0) is 18.7. The van der Waals surface area contributed by atoms with Crippen LogP contribution in [0.25, 0.3) is 10.8 Å². The first-order chi connectivity index (χ1) is 12.4. The summed E-state index contributed by atoms with van der Waals surface area (Å²) >= 11 is 0. The van der Waals surface area contributed by atoms with Crippen molar-refractivity contribution in [3.05, 3.63) is 71.8 Å². The summed E-state index contributed by atoms with van der Waals surface area (Å²) in [5.41, 5.74) is 6.47. The van der Waals surface area contributed by atoms with Crippen LogP contribution in [-0.4, -0.2) is 20.9 Å². The highest BCUT2D eigenvalue weighted by Crippen LogP contribution is 2.28. The third-order valence-corrected chi connectivity index (χ3v) is 5.36. The fraction of sp³-hybridized carbons (Fsp3) is 0.105. The third kappa shape index (κ3) is 3.98. The molecule has 0 aliphatic rings. The predicted molar refractivity (Wildman–Crippen MR) is 101 cm³/mol. The Morgan fingerprint density at radius 2 is 1.77 bits per heavy atom. The van der Waals surface area contributed by atoms with Crippen LogP contribution in [0.5, 0.6) is 5.75 Å². The van der Waals surface area contributed by atoms with E-state index in [-0.39, 0.29) is 22.8 Å². The molecule has 0 atom stereocenters. The van der Waals surface area contributed by atoms with Crippen LogP contribution in [0.4, 0.5) is 0 Å². The zero-order valence-corrected chi connectivity index (χ0v) is 15.3. The van der Waals surface area contributed by atoms with E-state index in [9.17, 15) is 13.2 Å². The molecule has 0 aliphatic heterocycles. The lowest BCUT2D eigenvalue weighted by molar-refractivity contribution is 0.0999. The van der Waals surface area contributed by atoms with Crippen LogP contribution in [0.3, 0.4) is 0 Å². The van der Waals surface area contributed by atoms with Gasteiger partial charge in [-0.05, 0) is 34.5 Å². The Morgan fingerprint density at radius 3 is 2.50 bits per heavy atom. The number of benzene rings is 3. The lowest BCUT2D eigenvalue weighted by Gasteiger charge is -2.12.